The SMILES string of the molecule is NCC(NC(=O)c1cc(F)cc([N+](=O)[O-])c1N)C1CC1. The number of nitro benzene ring substituents is 1. The van der Waals surface area contributed by atoms with Crippen LogP contribution in [0.4, 0.5) is 15.8 Å². The first-order chi connectivity index (χ1) is 9.43. The van der Waals surface area contributed by atoms with E-state index in [1.54, 1.807) is 0 Å². The van der Waals surface area contributed by atoms with Gasteiger partial charge in [0.1, 0.15) is 11.5 Å². The van der Waals surface area contributed by atoms with Crippen molar-refractivity contribution in [3.8, 4) is 0 Å². The zero-order valence-corrected chi connectivity index (χ0v) is 10.6. The van der Waals surface area contributed by atoms with Crippen LogP contribution >= 0.6 is 0 Å². The third-order valence-corrected chi connectivity index (χ3v) is 3.33. The molecular weight excluding hydrogens is 267 g/mol. The maximum absolute atomic E-state index is 13.4. The van der Waals surface area contributed by atoms with Crippen molar-refractivity contribution in [3.63, 3.8) is 0 Å². The molecule has 1 atom stereocenters. The van der Waals surface area contributed by atoms with E-state index in [0.29, 0.717) is 12.0 Å². The number of nitrogens with one attached hydrogen (secondary N) is 1. The Morgan fingerprint density at radius 1 is 1.55 bits per heavy atom. The number of benzene rings is 1. The van der Waals surface area contributed by atoms with Crippen molar-refractivity contribution in [2.75, 3.05) is 12.3 Å². The van der Waals surface area contributed by atoms with Crippen LogP contribution < -0.4 is 16.8 Å². The van der Waals surface area contributed by atoms with Crippen molar-refractivity contribution in [3.05, 3.63) is 33.6 Å². The molecule has 8 heteroatoms. The molecule has 1 saturated carbocycles. The third kappa shape index (κ3) is 2.85. The van der Waals surface area contributed by atoms with E-state index < -0.39 is 22.3 Å². The van der Waals surface area contributed by atoms with Gasteiger partial charge in [-0.2, -0.15) is 0 Å². The summed E-state index contributed by atoms with van der Waals surface area (Å²) in [7, 11) is 0. The van der Waals surface area contributed by atoms with Crippen LogP contribution in [0, 0.1) is 21.8 Å². The summed E-state index contributed by atoms with van der Waals surface area (Å²) in [6, 6.07) is 1.36. The molecule has 1 fully saturated rings. The molecular formula is C12H15FN4O3. The van der Waals surface area contributed by atoms with Crippen molar-refractivity contribution in [1.82, 2.24) is 5.32 Å². The zero-order valence-electron chi connectivity index (χ0n) is 10.6. The Morgan fingerprint density at radius 2 is 2.20 bits per heavy atom. The monoisotopic (exact) mass is 282 g/mol. The number of nitro groups is 1. The van der Waals surface area contributed by atoms with Gasteiger partial charge in [0.15, 0.2) is 0 Å². The average molecular weight is 282 g/mol. The highest BCUT2D eigenvalue weighted by molar-refractivity contribution is 6.01. The highest BCUT2D eigenvalue weighted by Crippen LogP contribution is 2.33. The minimum Gasteiger partial charge on any atom is -0.393 e. The van der Waals surface area contributed by atoms with E-state index in [0.717, 1.165) is 18.9 Å². The van der Waals surface area contributed by atoms with Gasteiger partial charge in [-0.15, -0.1) is 0 Å². The van der Waals surface area contributed by atoms with E-state index in [9.17, 15) is 19.3 Å². The van der Waals surface area contributed by atoms with Gasteiger partial charge in [-0.1, -0.05) is 0 Å². The van der Waals surface area contributed by atoms with Gasteiger partial charge < -0.3 is 16.8 Å². The topological polar surface area (TPSA) is 124 Å². The lowest BCUT2D eigenvalue weighted by atomic mass is 10.1. The molecule has 0 aliphatic heterocycles. The molecule has 1 aromatic carbocycles. The molecule has 0 aromatic heterocycles. The molecule has 20 heavy (non-hydrogen) atoms. The Bertz CT molecular complexity index is 560. The standard InChI is InChI=1S/C12H15FN4O3/c13-7-3-8(11(15)10(4-7)17(19)20)12(18)16-9(5-14)6-1-2-6/h3-4,6,9H,1-2,5,14-15H2,(H,16,18). The molecule has 0 spiro atoms. The Morgan fingerprint density at radius 3 is 2.70 bits per heavy atom. The number of amides is 1. The lowest BCUT2D eigenvalue weighted by Crippen LogP contribution is -2.42. The molecule has 2 rings (SSSR count). The van der Waals surface area contributed by atoms with E-state index in [1.807, 2.05) is 0 Å². The van der Waals surface area contributed by atoms with Gasteiger partial charge in [-0.05, 0) is 24.8 Å². The van der Waals surface area contributed by atoms with Gasteiger partial charge in [-0.3, -0.25) is 14.9 Å². The molecule has 1 unspecified atom stereocenters. The molecule has 1 aliphatic rings. The number of hydrogen-bond acceptors (Lipinski definition) is 5. The number of rotatable bonds is 5. The van der Waals surface area contributed by atoms with Gasteiger partial charge in [0, 0.05) is 12.6 Å². The summed E-state index contributed by atoms with van der Waals surface area (Å²) in [5.41, 5.74) is 9.91. The van der Waals surface area contributed by atoms with Crippen LogP contribution in [0.3, 0.4) is 0 Å². The molecule has 0 heterocycles. The third-order valence-electron chi connectivity index (χ3n) is 3.33. The summed E-state index contributed by atoms with van der Waals surface area (Å²) >= 11 is 0. The maximum atomic E-state index is 13.4. The van der Waals surface area contributed by atoms with Crippen LogP contribution in [0.25, 0.3) is 0 Å². The first-order valence-electron chi connectivity index (χ1n) is 6.18. The fraction of sp³-hybridized carbons (Fsp3) is 0.417. The van der Waals surface area contributed by atoms with Crippen molar-refractivity contribution >= 4 is 17.3 Å². The van der Waals surface area contributed by atoms with Crippen LogP contribution in [0.2, 0.25) is 0 Å². The van der Waals surface area contributed by atoms with Crippen LogP contribution in [0.1, 0.15) is 23.2 Å². The quantitative estimate of drug-likeness (QED) is 0.418. The highest BCUT2D eigenvalue weighted by atomic mass is 19.1. The molecule has 1 aliphatic carbocycles. The van der Waals surface area contributed by atoms with Crippen LogP contribution in [0.5, 0.6) is 0 Å². The normalized spacial score (nSPS) is 15.7. The summed E-state index contributed by atoms with van der Waals surface area (Å²) in [6.07, 6.45) is 1.95. The molecule has 108 valence electrons. The van der Waals surface area contributed by atoms with Crippen LogP contribution in [-0.4, -0.2) is 23.4 Å². The Hall–Kier alpha value is -2.22. The number of halogens is 1. The number of nitrogens with two attached hydrogens (primary N) is 2. The van der Waals surface area contributed by atoms with Crippen molar-refractivity contribution in [1.29, 1.82) is 0 Å². The summed E-state index contributed by atoms with van der Waals surface area (Å²) in [4.78, 5) is 22.0. The Labute approximate surface area is 114 Å². The second kappa shape index (κ2) is 5.41. The first-order valence-corrected chi connectivity index (χ1v) is 6.18. The minimum absolute atomic E-state index is 0.218. The summed E-state index contributed by atoms with van der Waals surface area (Å²) < 4.78 is 13.4. The number of carbonyl (C=O) groups is 1. The zero-order chi connectivity index (χ0) is 14.9. The molecule has 5 N–H and O–H groups in total. The first kappa shape index (κ1) is 14.2. The van der Waals surface area contributed by atoms with Crippen molar-refractivity contribution in [2.24, 2.45) is 11.7 Å². The average Bonchev–Trinajstić information content (AvgIpc) is 3.22. The molecule has 0 saturated heterocycles. The molecule has 7 nitrogen and oxygen atoms in total. The number of hydrogen-bond donors (Lipinski definition) is 3. The van der Waals surface area contributed by atoms with Gasteiger partial charge in [0.05, 0.1) is 16.6 Å². The fourth-order valence-corrected chi connectivity index (χ4v) is 2.06. The van der Waals surface area contributed by atoms with E-state index in [4.69, 9.17) is 11.5 Å². The van der Waals surface area contributed by atoms with Gasteiger partial charge in [0.25, 0.3) is 11.6 Å². The van der Waals surface area contributed by atoms with E-state index in [-0.39, 0.29) is 23.8 Å². The molecule has 0 bridgehead atoms. The van der Waals surface area contributed by atoms with Crippen molar-refractivity contribution < 1.29 is 14.1 Å². The number of nitrogens with zero attached hydrogens (tertiary/aromatic N) is 1. The lowest BCUT2D eigenvalue weighted by molar-refractivity contribution is -0.384. The predicted octanol–water partition coefficient (Wildman–Crippen LogP) is 0.783. The summed E-state index contributed by atoms with van der Waals surface area (Å²) in [5.74, 6) is -1.21. The number of anilines is 1. The van der Waals surface area contributed by atoms with Crippen molar-refractivity contribution in [2.45, 2.75) is 18.9 Å². The predicted molar refractivity (Wildman–Crippen MR) is 70.5 cm³/mol. The smallest absolute Gasteiger partial charge is 0.295 e. The molecule has 1 amide bonds. The van der Waals surface area contributed by atoms with E-state index in [2.05, 4.69) is 5.32 Å². The number of nitrogen functional groups attached to an aromatic ring is 1. The Kier molecular flexibility index (Phi) is 3.84. The van der Waals surface area contributed by atoms with E-state index in [1.165, 1.54) is 0 Å². The highest BCUT2D eigenvalue weighted by Gasteiger charge is 2.32. The summed E-state index contributed by atoms with van der Waals surface area (Å²) in [6.45, 7) is 0.258. The van der Waals surface area contributed by atoms with Gasteiger partial charge in [0.2, 0.25) is 0 Å². The minimum atomic E-state index is -0.883. The second-order valence-corrected chi connectivity index (χ2v) is 4.80. The largest absolute Gasteiger partial charge is 0.393 e. The van der Waals surface area contributed by atoms with Gasteiger partial charge in [-0.25, -0.2) is 4.39 Å². The van der Waals surface area contributed by atoms with Crippen LogP contribution in [-0.2, 0) is 0 Å². The fourth-order valence-electron chi connectivity index (χ4n) is 2.06. The molecule has 1 aromatic rings. The maximum Gasteiger partial charge on any atom is 0.295 e. The Balaban J connectivity index is 2.27. The van der Waals surface area contributed by atoms with E-state index >= 15 is 0 Å². The van der Waals surface area contributed by atoms with Crippen LogP contribution in [0.15, 0.2) is 12.1 Å². The van der Waals surface area contributed by atoms with Gasteiger partial charge >= 0.3 is 0 Å². The summed E-state index contributed by atoms with van der Waals surface area (Å²) in [5, 5.41) is 13.4. The lowest BCUT2D eigenvalue weighted by Gasteiger charge is -2.16. The molecule has 0 radical (unpaired) electrons. The second-order valence-electron chi connectivity index (χ2n) is 4.80. The number of carbonyl (C=O) groups excluding carboxylic acids is 1.